The SMILES string of the molecule is Cc1ccc(N(c2cc(Oc3cc(-c4nccn4C)c(F)c(F)c3F)cc(N(C)c3ccccn3)c2)c2ccc(C)cc2C)c(C)c1. The van der Waals surface area contributed by atoms with Gasteiger partial charge in [-0.05, 0) is 75.2 Å². The second-order valence-corrected chi connectivity index (χ2v) is 11.7. The summed E-state index contributed by atoms with van der Waals surface area (Å²) in [5.74, 6) is -3.90. The number of imidazole rings is 1. The Morgan fingerprint density at radius 2 is 1.34 bits per heavy atom. The fourth-order valence-electron chi connectivity index (χ4n) is 5.72. The molecule has 0 spiro atoms. The molecule has 0 N–H and O–H groups in total. The number of nitrogens with zero attached hydrogens (tertiary/aromatic N) is 5. The zero-order valence-electron chi connectivity index (χ0n) is 27.0. The number of halogens is 3. The van der Waals surface area contributed by atoms with E-state index in [4.69, 9.17) is 4.74 Å². The lowest BCUT2D eigenvalue weighted by molar-refractivity contribution is 0.395. The monoisotopic (exact) mass is 633 g/mol. The van der Waals surface area contributed by atoms with E-state index in [0.717, 1.165) is 39.7 Å². The van der Waals surface area contributed by atoms with Crippen molar-refractivity contribution in [3.63, 3.8) is 0 Å². The Morgan fingerprint density at radius 1 is 0.681 bits per heavy atom. The van der Waals surface area contributed by atoms with E-state index in [-0.39, 0.29) is 17.1 Å². The molecule has 0 saturated carbocycles. The minimum atomic E-state index is -1.64. The summed E-state index contributed by atoms with van der Waals surface area (Å²) in [6.07, 6.45) is 4.74. The van der Waals surface area contributed by atoms with E-state index in [2.05, 4.69) is 65.1 Å². The van der Waals surface area contributed by atoms with Crippen molar-refractivity contribution in [3.05, 3.63) is 137 Å². The highest BCUT2D eigenvalue weighted by Crippen LogP contribution is 2.44. The quantitative estimate of drug-likeness (QED) is 0.156. The largest absolute Gasteiger partial charge is 0.454 e. The van der Waals surface area contributed by atoms with Crippen LogP contribution >= 0.6 is 0 Å². The number of aryl methyl sites for hydroxylation is 5. The molecule has 6 aromatic rings. The Morgan fingerprint density at radius 3 is 1.91 bits per heavy atom. The number of anilines is 5. The molecule has 0 atom stereocenters. The highest BCUT2D eigenvalue weighted by Gasteiger charge is 2.25. The number of benzene rings is 4. The third-order valence-corrected chi connectivity index (χ3v) is 8.10. The van der Waals surface area contributed by atoms with Crippen LogP contribution in [0.2, 0.25) is 0 Å². The lowest BCUT2D eigenvalue weighted by Gasteiger charge is -2.30. The van der Waals surface area contributed by atoms with Crippen LogP contribution in [0.15, 0.2) is 97.5 Å². The second-order valence-electron chi connectivity index (χ2n) is 11.7. The van der Waals surface area contributed by atoms with E-state index in [1.807, 2.05) is 50.1 Å². The van der Waals surface area contributed by atoms with Crippen molar-refractivity contribution in [2.75, 3.05) is 16.8 Å². The van der Waals surface area contributed by atoms with Crippen LogP contribution in [0.3, 0.4) is 0 Å². The molecule has 0 bridgehead atoms. The van der Waals surface area contributed by atoms with Crippen LogP contribution in [0.25, 0.3) is 11.4 Å². The molecule has 6 rings (SSSR count). The van der Waals surface area contributed by atoms with Gasteiger partial charge in [-0.3, -0.25) is 0 Å². The Balaban J connectivity index is 1.57. The van der Waals surface area contributed by atoms with Gasteiger partial charge in [-0.25, -0.2) is 18.7 Å². The molecule has 0 aliphatic rings. The van der Waals surface area contributed by atoms with Crippen molar-refractivity contribution in [2.24, 2.45) is 7.05 Å². The Bertz CT molecular complexity index is 2040. The van der Waals surface area contributed by atoms with Gasteiger partial charge in [0.15, 0.2) is 17.4 Å². The molecular formula is C38H34F3N5O. The maximum Gasteiger partial charge on any atom is 0.204 e. The van der Waals surface area contributed by atoms with Gasteiger partial charge in [0.2, 0.25) is 5.82 Å². The summed E-state index contributed by atoms with van der Waals surface area (Å²) in [4.78, 5) is 12.6. The third kappa shape index (κ3) is 6.16. The first-order valence-corrected chi connectivity index (χ1v) is 15.1. The van der Waals surface area contributed by atoms with Crippen LogP contribution in [0.5, 0.6) is 11.5 Å². The standard InChI is InChI=1S/C38H34F3N5O/c1-23-10-12-31(25(3)17-23)46(32-13-11-24(2)18-26(32)4)28-19-27(45(6)34-9-7-8-14-42-34)20-29(21-28)47-33-22-30(35(39)37(41)36(33)40)38-43-15-16-44(38)5/h7-22H,1-6H3. The summed E-state index contributed by atoms with van der Waals surface area (Å²) in [5, 5.41) is 0. The van der Waals surface area contributed by atoms with Gasteiger partial charge in [-0.2, -0.15) is 4.39 Å². The molecule has 9 heteroatoms. The van der Waals surface area contributed by atoms with Gasteiger partial charge in [0.05, 0.1) is 11.3 Å². The maximum atomic E-state index is 15.4. The summed E-state index contributed by atoms with van der Waals surface area (Å²) >= 11 is 0. The molecule has 4 aromatic carbocycles. The van der Waals surface area contributed by atoms with Gasteiger partial charge in [0.1, 0.15) is 17.4 Å². The molecule has 47 heavy (non-hydrogen) atoms. The van der Waals surface area contributed by atoms with E-state index < -0.39 is 23.2 Å². The molecule has 0 unspecified atom stereocenters. The van der Waals surface area contributed by atoms with Crippen LogP contribution in [-0.2, 0) is 7.05 Å². The van der Waals surface area contributed by atoms with Crippen molar-refractivity contribution in [3.8, 4) is 22.9 Å². The number of ether oxygens (including phenoxy) is 1. The van der Waals surface area contributed by atoms with Gasteiger partial charge < -0.3 is 19.1 Å². The third-order valence-electron chi connectivity index (χ3n) is 8.10. The van der Waals surface area contributed by atoms with Crippen molar-refractivity contribution < 1.29 is 17.9 Å². The van der Waals surface area contributed by atoms with Crippen molar-refractivity contribution in [1.82, 2.24) is 14.5 Å². The molecule has 0 radical (unpaired) electrons. The number of pyridine rings is 1. The molecule has 6 nitrogen and oxygen atoms in total. The van der Waals surface area contributed by atoms with Gasteiger partial charge in [0, 0.05) is 61.9 Å². The predicted octanol–water partition coefficient (Wildman–Crippen LogP) is 10.2. The number of hydrogen-bond donors (Lipinski definition) is 0. The average Bonchev–Trinajstić information content (AvgIpc) is 3.48. The van der Waals surface area contributed by atoms with E-state index in [0.29, 0.717) is 17.2 Å². The summed E-state index contributed by atoms with van der Waals surface area (Å²) < 4.78 is 53.0. The van der Waals surface area contributed by atoms with Crippen LogP contribution in [0, 0.1) is 45.1 Å². The molecule has 0 fully saturated rings. The summed E-state index contributed by atoms with van der Waals surface area (Å²) in [6, 6.07) is 24.6. The smallest absolute Gasteiger partial charge is 0.204 e. The van der Waals surface area contributed by atoms with E-state index in [1.54, 1.807) is 31.6 Å². The first-order chi connectivity index (χ1) is 22.5. The van der Waals surface area contributed by atoms with Gasteiger partial charge in [-0.1, -0.05) is 41.5 Å². The minimum Gasteiger partial charge on any atom is -0.454 e. The van der Waals surface area contributed by atoms with Crippen molar-refractivity contribution in [1.29, 1.82) is 0 Å². The van der Waals surface area contributed by atoms with E-state index >= 15 is 13.2 Å². The van der Waals surface area contributed by atoms with E-state index in [9.17, 15) is 0 Å². The second kappa shape index (κ2) is 12.7. The van der Waals surface area contributed by atoms with Crippen molar-refractivity contribution in [2.45, 2.75) is 27.7 Å². The Labute approximate surface area is 272 Å². The van der Waals surface area contributed by atoms with Crippen LogP contribution in [0.1, 0.15) is 22.3 Å². The summed E-state index contributed by atoms with van der Waals surface area (Å²) in [5.41, 5.74) is 7.35. The lowest BCUT2D eigenvalue weighted by atomic mass is 10.0. The number of aromatic nitrogens is 3. The Hall–Kier alpha value is -5.57. The summed E-state index contributed by atoms with van der Waals surface area (Å²) in [7, 11) is 3.50. The van der Waals surface area contributed by atoms with Gasteiger partial charge in [0.25, 0.3) is 0 Å². The number of hydrogen-bond acceptors (Lipinski definition) is 5. The molecule has 2 aromatic heterocycles. The molecule has 0 amide bonds. The molecule has 0 aliphatic heterocycles. The zero-order chi connectivity index (χ0) is 33.4. The first kappa shape index (κ1) is 31.4. The minimum absolute atomic E-state index is 0.131. The Kier molecular flexibility index (Phi) is 8.47. The average molecular weight is 634 g/mol. The van der Waals surface area contributed by atoms with E-state index in [1.165, 1.54) is 10.8 Å². The van der Waals surface area contributed by atoms with Gasteiger partial charge >= 0.3 is 0 Å². The van der Waals surface area contributed by atoms with Crippen LogP contribution < -0.4 is 14.5 Å². The van der Waals surface area contributed by atoms with Gasteiger partial charge in [-0.15, -0.1) is 0 Å². The van der Waals surface area contributed by atoms with Crippen molar-refractivity contribution >= 4 is 28.6 Å². The highest BCUT2D eigenvalue weighted by molar-refractivity contribution is 5.83. The highest BCUT2D eigenvalue weighted by atomic mass is 19.2. The molecular weight excluding hydrogens is 599 g/mol. The van der Waals surface area contributed by atoms with Crippen LogP contribution in [0.4, 0.5) is 41.7 Å². The van der Waals surface area contributed by atoms with Crippen LogP contribution in [-0.4, -0.2) is 21.6 Å². The first-order valence-electron chi connectivity index (χ1n) is 15.1. The maximum absolute atomic E-state index is 15.4. The number of rotatable bonds is 8. The zero-order valence-corrected chi connectivity index (χ0v) is 27.0. The fourth-order valence-corrected chi connectivity index (χ4v) is 5.72. The molecule has 238 valence electrons. The topological polar surface area (TPSA) is 46.4 Å². The normalized spacial score (nSPS) is 11.1. The predicted molar refractivity (Wildman–Crippen MR) is 181 cm³/mol. The fraction of sp³-hybridized carbons (Fsp3) is 0.158. The molecule has 0 saturated heterocycles. The molecule has 0 aliphatic carbocycles. The lowest BCUT2D eigenvalue weighted by Crippen LogP contribution is -2.15. The summed E-state index contributed by atoms with van der Waals surface area (Å²) in [6.45, 7) is 8.19. The molecule has 2 heterocycles.